The summed E-state index contributed by atoms with van der Waals surface area (Å²) in [5, 5.41) is 10.5. The summed E-state index contributed by atoms with van der Waals surface area (Å²) in [6, 6.07) is 21.4. The topological polar surface area (TPSA) is 42.4 Å². The van der Waals surface area contributed by atoms with E-state index >= 15 is 0 Å². The zero-order valence-electron chi connectivity index (χ0n) is 13.0. The molecule has 23 heavy (non-hydrogen) atoms. The zero-order chi connectivity index (χ0) is 16.1. The first-order chi connectivity index (χ1) is 11.2. The van der Waals surface area contributed by atoms with Crippen LogP contribution in [0.15, 0.2) is 72.9 Å². The lowest BCUT2D eigenvalue weighted by atomic mass is 9.99. The Hall–Kier alpha value is -2.65. The number of ether oxygens (including phenoxy) is 1. The lowest BCUT2D eigenvalue weighted by molar-refractivity contribution is 0.218. The molecule has 3 aromatic rings. The second kappa shape index (κ2) is 7.07. The molecule has 0 spiro atoms. The van der Waals surface area contributed by atoms with Crippen molar-refractivity contribution in [1.82, 2.24) is 4.98 Å². The lowest BCUT2D eigenvalue weighted by Gasteiger charge is -2.15. The van der Waals surface area contributed by atoms with Crippen LogP contribution in [0, 0.1) is 6.92 Å². The Balaban J connectivity index is 1.73. The van der Waals surface area contributed by atoms with E-state index < -0.39 is 6.10 Å². The van der Waals surface area contributed by atoms with Crippen molar-refractivity contribution in [3.05, 3.63) is 95.2 Å². The Labute approximate surface area is 136 Å². The van der Waals surface area contributed by atoms with Crippen LogP contribution in [0.2, 0.25) is 0 Å². The van der Waals surface area contributed by atoms with Gasteiger partial charge in [-0.05, 0) is 23.6 Å². The number of nitrogens with zero attached hydrogens (tertiary/aromatic N) is 1. The van der Waals surface area contributed by atoms with Crippen LogP contribution < -0.4 is 4.74 Å². The molecule has 0 aliphatic rings. The molecule has 0 unspecified atom stereocenters. The van der Waals surface area contributed by atoms with Gasteiger partial charge in [-0.25, -0.2) is 4.98 Å². The number of aryl methyl sites for hydroxylation is 1. The van der Waals surface area contributed by atoms with E-state index in [0.717, 1.165) is 22.3 Å². The van der Waals surface area contributed by atoms with E-state index in [-0.39, 0.29) is 0 Å². The van der Waals surface area contributed by atoms with E-state index in [1.54, 1.807) is 6.20 Å². The molecule has 3 heteroatoms. The highest BCUT2D eigenvalue weighted by Crippen LogP contribution is 2.26. The van der Waals surface area contributed by atoms with Crippen LogP contribution in [0.5, 0.6) is 5.88 Å². The number of aromatic nitrogens is 1. The number of benzene rings is 2. The molecule has 1 aromatic heterocycles. The van der Waals surface area contributed by atoms with E-state index in [4.69, 9.17) is 4.74 Å². The highest BCUT2D eigenvalue weighted by atomic mass is 16.5. The normalized spacial score (nSPS) is 11.9. The van der Waals surface area contributed by atoms with Crippen LogP contribution >= 0.6 is 0 Å². The molecule has 0 aliphatic heterocycles. The quantitative estimate of drug-likeness (QED) is 0.773. The summed E-state index contributed by atoms with van der Waals surface area (Å²) in [5.74, 6) is 0.565. The van der Waals surface area contributed by atoms with Crippen LogP contribution in [-0.2, 0) is 6.61 Å². The molecule has 1 atom stereocenters. The predicted molar refractivity (Wildman–Crippen MR) is 90.3 cm³/mol. The predicted octanol–water partition coefficient (Wildman–Crippen LogP) is 4.05. The van der Waals surface area contributed by atoms with Gasteiger partial charge in [0.1, 0.15) is 12.7 Å². The van der Waals surface area contributed by atoms with Gasteiger partial charge in [0, 0.05) is 17.8 Å². The van der Waals surface area contributed by atoms with E-state index in [0.29, 0.717) is 12.5 Å². The number of rotatable bonds is 5. The number of aliphatic hydroxyl groups excluding tert-OH is 1. The first-order valence-corrected chi connectivity index (χ1v) is 7.60. The van der Waals surface area contributed by atoms with Crippen LogP contribution in [0.3, 0.4) is 0 Å². The summed E-state index contributed by atoms with van der Waals surface area (Å²) < 4.78 is 5.72. The zero-order valence-corrected chi connectivity index (χ0v) is 13.0. The van der Waals surface area contributed by atoms with Crippen molar-refractivity contribution in [3.63, 3.8) is 0 Å². The molecule has 0 saturated heterocycles. The van der Waals surface area contributed by atoms with Gasteiger partial charge in [0.15, 0.2) is 0 Å². The molecule has 0 fully saturated rings. The van der Waals surface area contributed by atoms with Crippen molar-refractivity contribution >= 4 is 0 Å². The number of pyridine rings is 1. The van der Waals surface area contributed by atoms with Crippen LogP contribution in [-0.4, -0.2) is 10.1 Å². The Bertz CT molecular complexity index is 757. The largest absolute Gasteiger partial charge is 0.473 e. The first kappa shape index (κ1) is 15.3. The summed E-state index contributed by atoms with van der Waals surface area (Å²) in [7, 11) is 0. The van der Waals surface area contributed by atoms with E-state index in [2.05, 4.69) is 4.98 Å². The third kappa shape index (κ3) is 3.76. The van der Waals surface area contributed by atoms with Gasteiger partial charge in [-0.2, -0.15) is 0 Å². The molecular formula is C20H19NO2. The molecule has 2 aromatic carbocycles. The maximum Gasteiger partial charge on any atom is 0.213 e. The molecule has 0 amide bonds. The summed E-state index contributed by atoms with van der Waals surface area (Å²) in [6.07, 6.45) is 1.01. The molecule has 0 bridgehead atoms. The van der Waals surface area contributed by atoms with Crippen molar-refractivity contribution in [2.45, 2.75) is 19.6 Å². The molecule has 116 valence electrons. The molecule has 0 saturated carbocycles. The number of hydrogen-bond acceptors (Lipinski definition) is 3. The maximum atomic E-state index is 10.5. The second-order valence-corrected chi connectivity index (χ2v) is 5.47. The highest BCUT2D eigenvalue weighted by Gasteiger charge is 2.14. The summed E-state index contributed by atoms with van der Waals surface area (Å²) in [5.41, 5.74) is 3.71. The molecular weight excluding hydrogens is 286 g/mol. The van der Waals surface area contributed by atoms with Gasteiger partial charge in [-0.1, -0.05) is 60.7 Å². The van der Waals surface area contributed by atoms with Gasteiger partial charge in [0.05, 0.1) is 0 Å². The smallest absolute Gasteiger partial charge is 0.213 e. The van der Waals surface area contributed by atoms with Crippen LogP contribution in [0.4, 0.5) is 0 Å². The average Bonchev–Trinajstić information content (AvgIpc) is 2.61. The minimum Gasteiger partial charge on any atom is -0.473 e. The van der Waals surface area contributed by atoms with Gasteiger partial charge in [0.2, 0.25) is 5.88 Å². The first-order valence-electron chi connectivity index (χ1n) is 7.60. The third-order valence-corrected chi connectivity index (χ3v) is 3.77. The van der Waals surface area contributed by atoms with Gasteiger partial charge in [-0.15, -0.1) is 0 Å². The molecule has 0 radical (unpaired) electrons. The molecule has 1 heterocycles. The summed E-state index contributed by atoms with van der Waals surface area (Å²) in [4.78, 5) is 4.32. The van der Waals surface area contributed by atoms with Gasteiger partial charge in [0.25, 0.3) is 0 Å². The molecule has 3 rings (SSSR count). The average molecular weight is 305 g/mol. The van der Waals surface area contributed by atoms with Crippen molar-refractivity contribution in [1.29, 1.82) is 0 Å². The fraction of sp³-hybridized carbons (Fsp3) is 0.150. The SMILES string of the molecule is Cc1cc(OCc2ccccc2)ncc1[C@H](O)c1ccccc1. The van der Waals surface area contributed by atoms with Crippen molar-refractivity contribution in [2.75, 3.05) is 0 Å². The lowest BCUT2D eigenvalue weighted by Crippen LogP contribution is -2.04. The maximum absolute atomic E-state index is 10.5. The monoisotopic (exact) mass is 305 g/mol. The van der Waals surface area contributed by atoms with E-state index in [1.807, 2.05) is 73.7 Å². The minimum atomic E-state index is -0.674. The Morgan fingerprint density at radius 2 is 1.65 bits per heavy atom. The van der Waals surface area contributed by atoms with Crippen molar-refractivity contribution in [2.24, 2.45) is 0 Å². The molecule has 0 aliphatic carbocycles. The Kier molecular flexibility index (Phi) is 4.69. The molecule has 3 nitrogen and oxygen atoms in total. The van der Waals surface area contributed by atoms with Gasteiger partial charge >= 0.3 is 0 Å². The van der Waals surface area contributed by atoms with Gasteiger partial charge < -0.3 is 9.84 Å². The van der Waals surface area contributed by atoms with E-state index in [1.165, 1.54) is 0 Å². The summed E-state index contributed by atoms with van der Waals surface area (Å²) in [6.45, 7) is 2.44. The van der Waals surface area contributed by atoms with Crippen molar-refractivity contribution in [3.8, 4) is 5.88 Å². The van der Waals surface area contributed by atoms with Gasteiger partial charge in [-0.3, -0.25) is 0 Å². The number of aliphatic hydroxyl groups is 1. The molecule has 1 N–H and O–H groups in total. The number of hydrogen-bond donors (Lipinski definition) is 1. The van der Waals surface area contributed by atoms with E-state index in [9.17, 15) is 5.11 Å². The fourth-order valence-corrected chi connectivity index (χ4v) is 2.45. The second-order valence-electron chi connectivity index (χ2n) is 5.47. The summed E-state index contributed by atoms with van der Waals surface area (Å²) >= 11 is 0. The van der Waals surface area contributed by atoms with Crippen LogP contribution in [0.1, 0.15) is 28.4 Å². The van der Waals surface area contributed by atoms with Crippen LogP contribution in [0.25, 0.3) is 0 Å². The Morgan fingerprint density at radius 1 is 1.00 bits per heavy atom. The highest BCUT2D eigenvalue weighted by molar-refractivity contribution is 5.35. The third-order valence-electron chi connectivity index (χ3n) is 3.77. The minimum absolute atomic E-state index is 0.480. The standard InChI is InChI=1S/C20H19NO2/c1-15-12-19(23-14-16-8-4-2-5-9-16)21-13-18(15)20(22)17-10-6-3-7-11-17/h2-13,20,22H,14H2,1H3/t20-/m1/s1. The van der Waals surface area contributed by atoms with Crippen molar-refractivity contribution < 1.29 is 9.84 Å². The Morgan fingerprint density at radius 3 is 2.30 bits per heavy atom. The fourth-order valence-electron chi connectivity index (χ4n) is 2.45.